The number of hydrogen-bond donors (Lipinski definition) is 1. The van der Waals surface area contributed by atoms with E-state index in [1.807, 2.05) is 0 Å². The topological polar surface area (TPSA) is 72.5 Å². The number of esters is 1. The molecule has 0 aromatic carbocycles. The maximum absolute atomic E-state index is 11.8. The maximum atomic E-state index is 11.8. The molecule has 0 spiro atoms. The molecule has 0 aromatic heterocycles. The van der Waals surface area contributed by atoms with Crippen molar-refractivity contribution >= 4 is 16.0 Å². The largest absolute Gasteiger partial charge is 0.462 e. The molecule has 6 heteroatoms. The molecule has 0 amide bonds. The Morgan fingerprint density at radius 3 is 2.35 bits per heavy atom. The molecule has 98 valence electrons. The molecule has 5 nitrogen and oxygen atoms in total. The summed E-state index contributed by atoms with van der Waals surface area (Å²) in [6, 6.07) is 0. The second kappa shape index (κ2) is 7.24. The summed E-state index contributed by atoms with van der Waals surface area (Å²) in [5.74, 6) is -0.767. The quantitative estimate of drug-likeness (QED) is 0.522. The standard InChI is InChI=1S/C11H19NO4S/c1-5-7-10(11(13)16-9(3)4)17(14,15)12-8-6-2/h5-6,9-10,12H,1-2,7-8H2,3-4H3. The van der Waals surface area contributed by atoms with Crippen LogP contribution in [0, 0.1) is 0 Å². The lowest BCUT2D eigenvalue weighted by atomic mass is 10.3. The van der Waals surface area contributed by atoms with Crippen LogP contribution in [0.4, 0.5) is 0 Å². The highest BCUT2D eigenvalue weighted by Crippen LogP contribution is 2.09. The molecule has 0 fully saturated rings. The number of rotatable bonds is 8. The summed E-state index contributed by atoms with van der Waals surface area (Å²) in [5, 5.41) is -1.26. The molecule has 0 aliphatic carbocycles. The van der Waals surface area contributed by atoms with E-state index in [1.165, 1.54) is 12.2 Å². The van der Waals surface area contributed by atoms with Gasteiger partial charge in [0.05, 0.1) is 6.10 Å². The van der Waals surface area contributed by atoms with E-state index in [-0.39, 0.29) is 19.1 Å². The van der Waals surface area contributed by atoms with Gasteiger partial charge in [-0.25, -0.2) is 13.1 Å². The predicted octanol–water partition coefficient (Wildman–Crippen LogP) is 0.988. The lowest BCUT2D eigenvalue weighted by molar-refractivity contribution is -0.146. The van der Waals surface area contributed by atoms with Gasteiger partial charge in [-0.3, -0.25) is 4.79 Å². The molecule has 1 N–H and O–H groups in total. The number of hydrogen-bond acceptors (Lipinski definition) is 4. The average Bonchev–Trinajstić information content (AvgIpc) is 2.21. The highest BCUT2D eigenvalue weighted by molar-refractivity contribution is 7.90. The van der Waals surface area contributed by atoms with E-state index in [0.29, 0.717) is 0 Å². The summed E-state index contributed by atoms with van der Waals surface area (Å²) in [6.07, 6.45) is 2.43. The summed E-state index contributed by atoms with van der Waals surface area (Å²) in [6.45, 7) is 10.2. The number of carbonyl (C=O) groups excluding carboxylic acids is 1. The van der Waals surface area contributed by atoms with Gasteiger partial charge in [-0.1, -0.05) is 12.2 Å². The van der Waals surface area contributed by atoms with Gasteiger partial charge in [0.1, 0.15) is 0 Å². The molecule has 0 aliphatic heterocycles. The smallest absolute Gasteiger partial charge is 0.326 e. The molecule has 0 saturated carbocycles. The van der Waals surface area contributed by atoms with Gasteiger partial charge in [0, 0.05) is 6.54 Å². The van der Waals surface area contributed by atoms with E-state index in [9.17, 15) is 13.2 Å². The Morgan fingerprint density at radius 2 is 1.94 bits per heavy atom. The third-order valence-corrected chi connectivity index (χ3v) is 3.50. The third kappa shape index (κ3) is 5.65. The zero-order valence-corrected chi connectivity index (χ0v) is 11.0. The monoisotopic (exact) mass is 261 g/mol. The van der Waals surface area contributed by atoms with Crippen molar-refractivity contribution in [2.24, 2.45) is 0 Å². The first-order valence-corrected chi connectivity index (χ1v) is 6.80. The number of allylic oxidation sites excluding steroid dienone is 1. The molecule has 0 radical (unpaired) electrons. The summed E-state index contributed by atoms with van der Waals surface area (Å²) in [5.41, 5.74) is 0. The van der Waals surface area contributed by atoms with E-state index >= 15 is 0 Å². The van der Waals surface area contributed by atoms with Crippen LogP contribution in [0.5, 0.6) is 0 Å². The maximum Gasteiger partial charge on any atom is 0.326 e. The Hall–Kier alpha value is -1.14. The van der Waals surface area contributed by atoms with Gasteiger partial charge in [-0.05, 0) is 20.3 Å². The van der Waals surface area contributed by atoms with Gasteiger partial charge in [-0.15, -0.1) is 13.2 Å². The van der Waals surface area contributed by atoms with Crippen LogP contribution in [0.25, 0.3) is 0 Å². The summed E-state index contributed by atoms with van der Waals surface area (Å²) >= 11 is 0. The Balaban J connectivity index is 4.88. The fourth-order valence-corrected chi connectivity index (χ4v) is 2.33. The van der Waals surface area contributed by atoms with Crippen LogP contribution in [0.1, 0.15) is 20.3 Å². The van der Waals surface area contributed by atoms with Crippen molar-refractivity contribution in [3.63, 3.8) is 0 Å². The van der Waals surface area contributed by atoms with Crippen LogP contribution in [-0.4, -0.2) is 32.3 Å². The zero-order chi connectivity index (χ0) is 13.5. The molecule has 17 heavy (non-hydrogen) atoms. The Labute approximate surface area is 103 Å². The molecule has 0 heterocycles. The first-order valence-electron chi connectivity index (χ1n) is 5.26. The molecule has 0 rings (SSSR count). The van der Waals surface area contributed by atoms with E-state index in [0.717, 1.165) is 0 Å². The van der Waals surface area contributed by atoms with Crippen LogP contribution < -0.4 is 4.72 Å². The van der Waals surface area contributed by atoms with Gasteiger partial charge in [0.2, 0.25) is 10.0 Å². The van der Waals surface area contributed by atoms with Crippen molar-refractivity contribution in [2.75, 3.05) is 6.54 Å². The Bertz CT molecular complexity index is 373. The van der Waals surface area contributed by atoms with Crippen LogP contribution >= 0.6 is 0 Å². The average molecular weight is 261 g/mol. The van der Waals surface area contributed by atoms with Crippen LogP contribution in [0.15, 0.2) is 25.3 Å². The Kier molecular flexibility index (Phi) is 6.75. The highest BCUT2D eigenvalue weighted by Gasteiger charge is 2.32. The lowest BCUT2D eigenvalue weighted by Crippen LogP contribution is -2.41. The minimum atomic E-state index is -3.76. The number of ether oxygens (including phenoxy) is 1. The fraction of sp³-hybridized carbons (Fsp3) is 0.545. The van der Waals surface area contributed by atoms with E-state index in [4.69, 9.17) is 4.74 Å². The summed E-state index contributed by atoms with van der Waals surface area (Å²) in [4.78, 5) is 11.6. The fourth-order valence-electron chi connectivity index (χ4n) is 1.08. The van der Waals surface area contributed by atoms with Crippen molar-refractivity contribution in [1.82, 2.24) is 4.72 Å². The van der Waals surface area contributed by atoms with E-state index < -0.39 is 21.2 Å². The van der Waals surface area contributed by atoms with Crippen molar-refractivity contribution in [3.05, 3.63) is 25.3 Å². The molecular formula is C11H19NO4S. The highest BCUT2D eigenvalue weighted by atomic mass is 32.2. The van der Waals surface area contributed by atoms with Crippen molar-refractivity contribution in [1.29, 1.82) is 0 Å². The lowest BCUT2D eigenvalue weighted by Gasteiger charge is -2.17. The molecular weight excluding hydrogens is 242 g/mol. The SMILES string of the molecule is C=CCNS(=O)(=O)C(CC=C)C(=O)OC(C)C. The number of nitrogens with one attached hydrogen (secondary N) is 1. The van der Waals surface area contributed by atoms with Gasteiger partial charge in [0.25, 0.3) is 0 Å². The number of sulfonamides is 1. The minimum absolute atomic E-state index is 0.0119. The van der Waals surface area contributed by atoms with Crippen LogP contribution in [-0.2, 0) is 19.6 Å². The predicted molar refractivity (Wildman–Crippen MR) is 66.9 cm³/mol. The second-order valence-electron chi connectivity index (χ2n) is 3.68. The third-order valence-electron chi connectivity index (χ3n) is 1.80. The zero-order valence-electron chi connectivity index (χ0n) is 10.2. The number of carbonyl (C=O) groups is 1. The first-order chi connectivity index (χ1) is 7.85. The van der Waals surface area contributed by atoms with Crippen LogP contribution in [0.2, 0.25) is 0 Å². The van der Waals surface area contributed by atoms with Gasteiger partial charge >= 0.3 is 5.97 Å². The summed E-state index contributed by atoms with van der Waals surface area (Å²) < 4.78 is 30.7. The second-order valence-corrected chi connectivity index (χ2v) is 5.63. The van der Waals surface area contributed by atoms with Crippen LogP contribution in [0.3, 0.4) is 0 Å². The molecule has 1 unspecified atom stereocenters. The Morgan fingerprint density at radius 1 is 1.35 bits per heavy atom. The molecule has 1 atom stereocenters. The van der Waals surface area contributed by atoms with Gasteiger partial charge < -0.3 is 4.74 Å². The molecule has 0 bridgehead atoms. The van der Waals surface area contributed by atoms with E-state index in [2.05, 4.69) is 17.9 Å². The van der Waals surface area contributed by atoms with Gasteiger partial charge in [0.15, 0.2) is 5.25 Å². The first kappa shape index (κ1) is 15.9. The molecule has 0 saturated heterocycles. The van der Waals surface area contributed by atoms with Crippen molar-refractivity contribution in [3.8, 4) is 0 Å². The molecule has 0 aromatic rings. The minimum Gasteiger partial charge on any atom is -0.462 e. The molecule has 0 aliphatic rings. The van der Waals surface area contributed by atoms with Crippen molar-refractivity contribution in [2.45, 2.75) is 31.6 Å². The van der Waals surface area contributed by atoms with Crippen molar-refractivity contribution < 1.29 is 17.9 Å². The van der Waals surface area contributed by atoms with E-state index in [1.54, 1.807) is 13.8 Å². The normalized spacial score (nSPS) is 13.1. The van der Waals surface area contributed by atoms with Gasteiger partial charge in [-0.2, -0.15) is 0 Å². The summed E-state index contributed by atoms with van der Waals surface area (Å²) in [7, 11) is -3.76.